The molecular formula is C24H37BN6O4. The molecule has 1 fully saturated rings. The summed E-state index contributed by atoms with van der Waals surface area (Å²) in [7, 11) is 3.19. The Hall–Kier alpha value is -2.49. The van der Waals surface area contributed by atoms with Gasteiger partial charge in [-0.05, 0) is 24.2 Å². The van der Waals surface area contributed by atoms with Gasteiger partial charge in [-0.2, -0.15) is 5.26 Å². The number of rotatable bonds is 12. The molecule has 0 spiro atoms. The number of aliphatic hydroxyl groups excluding tert-OH is 1. The van der Waals surface area contributed by atoms with E-state index in [1.54, 1.807) is 12.5 Å². The molecule has 3 rings (SSSR count). The number of nitriles is 1. The van der Waals surface area contributed by atoms with Crippen LogP contribution in [0.4, 0.5) is 5.69 Å². The van der Waals surface area contributed by atoms with E-state index in [-0.39, 0.29) is 37.9 Å². The van der Waals surface area contributed by atoms with Crippen molar-refractivity contribution in [3.8, 4) is 6.07 Å². The zero-order chi connectivity index (χ0) is 25.5. The molecular weight excluding hydrogens is 447 g/mol. The van der Waals surface area contributed by atoms with Gasteiger partial charge in [-0.1, -0.05) is 27.7 Å². The highest BCUT2D eigenvalue weighted by molar-refractivity contribution is 6.41. The van der Waals surface area contributed by atoms with Crippen molar-refractivity contribution in [3.63, 3.8) is 0 Å². The smallest absolute Gasteiger partial charge is 0.396 e. The lowest BCUT2D eigenvalue weighted by Crippen LogP contribution is -2.54. The van der Waals surface area contributed by atoms with Crippen molar-refractivity contribution >= 4 is 30.3 Å². The average molecular weight is 484 g/mol. The fraction of sp³-hybridized carbons (Fsp3) is 0.625. The first-order valence-electron chi connectivity index (χ1n) is 12.1. The molecule has 0 aromatic carbocycles. The van der Waals surface area contributed by atoms with Crippen LogP contribution in [0, 0.1) is 11.3 Å². The largest absolute Gasteiger partial charge is 0.558 e. The molecule has 1 N–H and O–H groups in total. The molecule has 1 aliphatic heterocycles. The fourth-order valence-electron chi connectivity index (χ4n) is 4.38. The first-order chi connectivity index (χ1) is 16.8. The zero-order valence-electron chi connectivity index (χ0n) is 21.5. The third-order valence-electron chi connectivity index (χ3n) is 5.89. The normalized spacial score (nSPS) is 20.5. The Labute approximate surface area is 208 Å². The second-order valence-electron chi connectivity index (χ2n) is 9.44. The van der Waals surface area contributed by atoms with E-state index >= 15 is 0 Å². The van der Waals surface area contributed by atoms with Gasteiger partial charge >= 0.3 is 7.25 Å². The third-order valence-corrected chi connectivity index (χ3v) is 5.89. The molecule has 3 atom stereocenters. The van der Waals surface area contributed by atoms with E-state index in [0.717, 1.165) is 16.7 Å². The Bertz CT molecular complexity index is 1010. The first kappa shape index (κ1) is 27.1. The molecule has 1 saturated heterocycles. The van der Waals surface area contributed by atoms with E-state index in [1.165, 1.54) is 0 Å². The van der Waals surface area contributed by atoms with Gasteiger partial charge in [-0.25, -0.2) is 9.98 Å². The summed E-state index contributed by atoms with van der Waals surface area (Å²) in [5.74, 6) is 0. The Balaban J connectivity index is 1.83. The number of hydrogen-bond acceptors (Lipinski definition) is 8. The minimum absolute atomic E-state index is 0.159. The lowest BCUT2D eigenvalue weighted by Gasteiger charge is -2.35. The van der Waals surface area contributed by atoms with E-state index in [2.05, 4.69) is 48.6 Å². The minimum Gasteiger partial charge on any atom is -0.396 e. The monoisotopic (exact) mass is 484 g/mol. The lowest BCUT2D eigenvalue weighted by molar-refractivity contribution is -0.0463. The van der Waals surface area contributed by atoms with E-state index in [4.69, 9.17) is 19.3 Å². The zero-order valence-corrected chi connectivity index (χ0v) is 21.5. The van der Waals surface area contributed by atoms with E-state index in [9.17, 15) is 5.11 Å². The SMILES string of the molecule is CC(C)N(B(OCCC#N)O[C@H]1CC(n2ccc3c(/N=C\N(C)C)ccnc32)OC1CO)C(C)C. The molecule has 0 bridgehead atoms. The molecule has 2 aromatic rings. The number of nitrogens with zero attached hydrogens (tertiary/aromatic N) is 6. The molecule has 2 unspecified atom stereocenters. The van der Waals surface area contributed by atoms with Gasteiger partial charge in [-0.15, -0.1) is 0 Å². The third kappa shape index (κ3) is 6.60. The number of fused-ring (bicyclic) bond motifs is 1. The summed E-state index contributed by atoms with van der Waals surface area (Å²) in [6.45, 7) is 8.40. The summed E-state index contributed by atoms with van der Waals surface area (Å²) in [4.78, 5) is 13.1. The predicted octanol–water partition coefficient (Wildman–Crippen LogP) is 2.96. The van der Waals surface area contributed by atoms with Gasteiger partial charge in [0.2, 0.25) is 0 Å². The summed E-state index contributed by atoms with van der Waals surface area (Å²) < 4.78 is 20.6. The number of pyridine rings is 1. The summed E-state index contributed by atoms with van der Waals surface area (Å²) in [5.41, 5.74) is 1.58. The van der Waals surface area contributed by atoms with Crippen molar-refractivity contribution in [2.45, 2.75) is 71.1 Å². The molecule has 0 radical (unpaired) electrons. The number of aliphatic hydroxyl groups is 1. The van der Waals surface area contributed by atoms with Crippen LogP contribution in [0.1, 0.15) is 46.8 Å². The van der Waals surface area contributed by atoms with Crippen LogP contribution < -0.4 is 0 Å². The molecule has 2 aromatic heterocycles. The molecule has 35 heavy (non-hydrogen) atoms. The van der Waals surface area contributed by atoms with Crippen LogP contribution in [-0.2, 0) is 14.0 Å². The van der Waals surface area contributed by atoms with Crippen LogP contribution in [0.5, 0.6) is 0 Å². The van der Waals surface area contributed by atoms with Crippen LogP contribution in [0.25, 0.3) is 11.0 Å². The second kappa shape index (κ2) is 12.5. The minimum atomic E-state index is -0.656. The predicted molar refractivity (Wildman–Crippen MR) is 136 cm³/mol. The first-order valence-corrected chi connectivity index (χ1v) is 12.1. The Morgan fingerprint density at radius 3 is 2.71 bits per heavy atom. The summed E-state index contributed by atoms with van der Waals surface area (Å²) in [5, 5.41) is 19.9. The lowest BCUT2D eigenvalue weighted by atomic mass is 9.96. The van der Waals surface area contributed by atoms with Crippen molar-refractivity contribution in [2.75, 3.05) is 27.3 Å². The van der Waals surface area contributed by atoms with E-state index in [0.29, 0.717) is 6.42 Å². The summed E-state index contributed by atoms with van der Waals surface area (Å²) in [6.07, 6.45) is 4.94. The van der Waals surface area contributed by atoms with Gasteiger partial charge in [0.05, 0.1) is 37.2 Å². The molecule has 3 heterocycles. The Morgan fingerprint density at radius 2 is 2.09 bits per heavy atom. The van der Waals surface area contributed by atoms with Crippen LogP contribution in [0.3, 0.4) is 0 Å². The molecule has 190 valence electrons. The fourth-order valence-corrected chi connectivity index (χ4v) is 4.38. The average Bonchev–Trinajstić information content (AvgIpc) is 3.41. The van der Waals surface area contributed by atoms with E-state index in [1.807, 2.05) is 41.9 Å². The van der Waals surface area contributed by atoms with Gasteiger partial charge in [0.25, 0.3) is 0 Å². The maximum absolute atomic E-state index is 10.1. The van der Waals surface area contributed by atoms with Gasteiger partial charge in [-0.3, -0.25) is 4.81 Å². The molecule has 0 saturated carbocycles. The maximum atomic E-state index is 10.1. The number of aromatic nitrogens is 2. The van der Waals surface area contributed by atoms with Gasteiger partial charge in [0.15, 0.2) is 0 Å². The van der Waals surface area contributed by atoms with Crippen LogP contribution in [0.2, 0.25) is 0 Å². The molecule has 1 aliphatic rings. The second-order valence-corrected chi connectivity index (χ2v) is 9.44. The van der Waals surface area contributed by atoms with Crippen molar-refractivity contribution in [3.05, 3.63) is 24.5 Å². The summed E-state index contributed by atoms with van der Waals surface area (Å²) in [6, 6.07) is 6.28. The molecule has 0 amide bonds. The number of hydrogen-bond donors (Lipinski definition) is 1. The van der Waals surface area contributed by atoms with Crippen molar-refractivity contribution in [2.24, 2.45) is 4.99 Å². The van der Waals surface area contributed by atoms with Gasteiger partial charge in [0, 0.05) is 44.9 Å². The van der Waals surface area contributed by atoms with Gasteiger partial charge < -0.3 is 28.6 Å². The molecule has 11 heteroatoms. The standard InChI is InChI=1S/C24H37BN6O4/c1-17(2)31(18(3)4)25(33-13-7-10-26)35-21-14-23(34-22(21)15-32)30-12-9-19-20(28-16-29(5)6)8-11-27-24(19)30/h8-9,11-12,16-18,21-23,32H,7,13-15H2,1-6H3/b28-16-/t21-,22?,23?/m0/s1. The van der Waals surface area contributed by atoms with Crippen LogP contribution >= 0.6 is 0 Å². The highest BCUT2D eigenvalue weighted by Crippen LogP contribution is 2.35. The van der Waals surface area contributed by atoms with Crippen molar-refractivity contribution in [1.29, 1.82) is 5.26 Å². The number of ether oxygens (including phenoxy) is 1. The highest BCUT2D eigenvalue weighted by atomic mass is 16.6. The topological polar surface area (TPSA) is 108 Å². The molecule has 10 nitrogen and oxygen atoms in total. The van der Waals surface area contributed by atoms with Crippen LogP contribution in [-0.4, -0.2) is 89.6 Å². The van der Waals surface area contributed by atoms with E-state index < -0.39 is 19.5 Å². The summed E-state index contributed by atoms with van der Waals surface area (Å²) >= 11 is 0. The highest BCUT2D eigenvalue weighted by Gasteiger charge is 2.43. The van der Waals surface area contributed by atoms with Crippen molar-refractivity contribution in [1.82, 2.24) is 19.3 Å². The molecule has 0 aliphatic carbocycles. The quantitative estimate of drug-likeness (QED) is 0.212. The number of aliphatic imine (C=N–C) groups is 1. The Kier molecular flexibility index (Phi) is 9.66. The van der Waals surface area contributed by atoms with Crippen LogP contribution in [0.15, 0.2) is 29.5 Å². The van der Waals surface area contributed by atoms with Crippen molar-refractivity contribution < 1.29 is 19.2 Å². The maximum Gasteiger partial charge on any atom is 0.558 e. The Morgan fingerprint density at radius 1 is 1.34 bits per heavy atom. The van der Waals surface area contributed by atoms with Gasteiger partial charge in [0.1, 0.15) is 18.0 Å².